The van der Waals surface area contributed by atoms with Gasteiger partial charge in [0.25, 0.3) is 10.1 Å². The smallest absolute Gasteiger partial charge is 0.296 e. The number of rotatable bonds is 5. The van der Waals surface area contributed by atoms with E-state index in [1.54, 1.807) is 24.3 Å². The Balaban J connectivity index is 2.16. The van der Waals surface area contributed by atoms with Crippen LogP contribution in [0.3, 0.4) is 0 Å². The molecule has 0 aliphatic carbocycles. The van der Waals surface area contributed by atoms with E-state index in [0.29, 0.717) is 0 Å². The third-order valence-electron chi connectivity index (χ3n) is 3.88. The molecule has 0 fully saturated rings. The monoisotopic (exact) mass is 428 g/mol. The van der Waals surface area contributed by atoms with Crippen LogP contribution in [-0.2, 0) is 10.1 Å². The van der Waals surface area contributed by atoms with Crippen LogP contribution in [0, 0.1) is 0 Å². The minimum absolute atomic E-state index is 0.0749. The maximum Gasteiger partial charge on any atom is 0.296 e. The quantitative estimate of drug-likeness (QED) is 0.226. The normalized spacial score (nSPS) is 12.0. The van der Waals surface area contributed by atoms with Crippen LogP contribution in [0.15, 0.2) is 79.9 Å². The molecule has 0 saturated heterocycles. The minimum Gasteiger partial charge on any atom is -0.506 e. The molecule has 12 heteroatoms. The predicted molar refractivity (Wildman–Crippen MR) is 110 cm³/mol. The summed E-state index contributed by atoms with van der Waals surface area (Å²) in [6.45, 7) is 0. The number of phenols is 2. The van der Waals surface area contributed by atoms with E-state index in [9.17, 15) is 23.2 Å². The minimum atomic E-state index is -4.76. The maximum atomic E-state index is 11.7. The van der Waals surface area contributed by atoms with Gasteiger partial charge in [-0.05, 0) is 30.3 Å². The van der Waals surface area contributed by atoms with Gasteiger partial charge in [0.15, 0.2) is 0 Å². The van der Waals surface area contributed by atoms with Crippen LogP contribution in [0.2, 0.25) is 0 Å². The molecule has 0 radical (unpaired) electrons. The Bertz CT molecular complexity index is 1270. The van der Waals surface area contributed by atoms with Crippen molar-refractivity contribution in [1.29, 1.82) is 0 Å². The fourth-order valence-electron chi connectivity index (χ4n) is 2.38. The van der Waals surface area contributed by atoms with Crippen LogP contribution in [0.25, 0.3) is 0 Å². The number of nitrogens with zero attached hydrogens (tertiary/aromatic N) is 4. The average molecular weight is 428 g/mol. The first-order valence-electron chi connectivity index (χ1n) is 8.27. The van der Waals surface area contributed by atoms with E-state index in [1.165, 1.54) is 24.3 Å². The lowest BCUT2D eigenvalue weighted by molar-refractivity contribution is 0.476. The van der Waals surface area contributed by atoms with Gasteiger partial charge in [-0.2, -0.15) is 8.42 Å². The number of para-hydroxylation sites is 2. The summed E-state index contributed by atoms with van der Waals surface area (Å²) < 4.78 is 33.0. The van der Waals surface area contributed by atoms with E-state index in [-0.39, 0.29) is 39.9 Å². The predicted octanol–water partition coefficient (Wildman–Crippen LogP) is 4.34. The van der Waals surface area contributed by atoms with E-state index in [2.05, 4.69) is 20.5 Å². The maximum absolute atomic E-state index is 11.7. The van der Waals surface area contributed by atoms with Crippen LogP contribution in [0.4, 0.5) is 34.1 Å². The number of phenolic OH excluding ortho intramolecular Hbond substituents is 2. The highest BCUT2D eigenvalue weighted by Crippen LogP contribution is 2.43. The molecular weight excluding hydrogens is 412 g/mol. The molecular formula is C18H16N6O5S. The number of hydrogen-bond acceptors (Lipinski definition) is 10. The summed E-state index contributed by atoms with van der Waals surface area (Å²) in [5.41, 5.74) is 10.9. The Kier molecular flexibility index (Phi) is 5.62. The third kappa shape index (κ3) is 4.34. The summed E-state index contributed by atoms with van der Waals surface area (Å²) in [4.78, 5) is -0.700. The molecule has 3 rings (SSSR count). The zero-order chi connectivity index (χ0) is 21.9. The largest absolute Gasteiger partial charge is 0.506 e. The van der Waals surface area contributed by atoms with E-state index >= 15 is 0 Å². The molecule has 0 aliphatic rings. The summed E-state index contributed by atoms with van der Waals surface area (Å²) in [6.07, 6.45) is 0. The molecule has 7 N–H and O–H groups in total. The number of benzene rings is 3. The number of azo groups is 2. The van der Waals surface area contributed by atoms with Crippen molar-refractivity contribution in [3.05, 3.63) is 54.6 Å². The number of nitrogens with two attached hydrogens (primary N) is 2. The summed E-state index contributed by atoms with van der Waals surface area (Å²) in [7, 11) is -4.76. The molecule has 0 aliphatic heterocycles. The second-order valence-corrected chi connectivity index (χ2v) is 7.31. The number of anilines is 2. The lowest BCUT2D eigenvalue weighted by Gasteiger charge is -2.10. The van der Waals surface area contributed by atoms with Crippen molar-refractivity contribution in [2.24, 2.45) is 20.5 Å². The lowest BCUT2D eigenvalue weighted by Crippen LogP contribution is -2.05. The van der Waals surface area contributed by atoms with Gasteiger partial charge < -0.3 is 21.7 Å². The molecule has 0 aromatic heterocycles. The van der Waals surface area contributed by atoms with E-state index in [1.807, 2.05) is 0 Å². The van der Waals surface area contributed by atoms with E-state index in [0.717, 1.165) is 6.07 Å². The Labute approximate surface area is 170 Å². The lowest BCUT2D eigenvalue weighted by atomic mass is 10.2. The van der Waals surface area contributed by atoms with Crippen molar-refractivity contribution in [3.8, 4) is 11.5 Å². The zero-order valence-electron chi connectivity index (χ0n) is 15.2. The van der Waals surface area contributed by atoms with Gasteiger partial charge in [-0.15, -0.1) is 20.5 Å². The van der Waals surface area contributed by atoms with Crippen LogP contribution in [-0.4, -0.2) is 23.2 Å². The standard InChI is InChI=1S/C18H16N6O5S/c19-16-12(23-21-10-5-1-3-7-13(10)25)9-15(30(27,28)29)17(20)18(16)24-22-11-6-2-4-8-14(11)26/h1-9,25-26H,19-20H2,(H,27,28,29)/b23-21+,24-22+. The Morgan fingerprint density at radius 3 is 1.67 bits per heavy atom. The van der Waals surface area contributed by atoms with E-state index in [4.69, 9.17) is 11.5 Å². The van der Waals surface area contributed by atoms with Gasteiger partial charge in [-0.1, -0.05) is 24.3 Å². The summed E-state index contributed by atoms with van der Waals surface area (Å²) >= 11 is 0. The van der Waals surface area contributed by atoms with Crippen LogP contribution in [0.1, 0.15) is 0 Å². The Morgan fingerprint density at radius 1 is 0.700 bits per heavy atom. The Morgan fingerprint density at radius 2 is 1.17 bits per heavy atom. The molecule has 0 amide bonds. The fourth-order valence-corrected chi connectivity index (χ4v) is 3.01. The second-order valence-electron chi connectivity index (χ2n) is 5.92. The first-order valence-corrected chi connectivity index (χ1v) is 9.71. The molecule has 0 spiro atoms. The molecule has 154 valence electrons. The molecule has 0 bridgehead atoms. The fraction of sp³-hybridized carbons (Fsp3) is 0. The van der Waals surface area contributed by atoms with E-state index < -0.39 is 20.7 Å². The molecule has 0 atom stereocenters. The van der Waals surface area contributed by atoms with Gasteiger partial charge in [0.2, 0.25) is 0 Å². The highest BCUT2D eigenvalue weighted by Gasteiger charge is 2.22. The van der Waals surface area contributed by atoms with Gasteiger partial charge in [0, 0.05) is 0 Å². The topological polar surface area (TPSA) is 196 Å². The molecule has 0 heterocycles. The van der Waals surface area contributed by atoms with Gasteiger partial charge >= 0.3 is 0 Å². The van der Waals surface area contributed by atoms with Crippen LogP contribution >= 0.6 is 0 Å². The zero-order valence-corrected chi connectivity index (χ0v) is 16.0. The molecule has 3 aromatic carbocycles. The third-order valence-corrected chi connectivity index (χ3v) is 4.78. The van der Waals surface area contributed by atoms with Gasteiger partial charge in [-0.3, -0.25) is 4.55 Å². The first-order chi connectivity index (χ1) is 14.2. The van der Waals surface area contributed by atoms with Crippen molar-refractivity contribution in [2.45, 2.75) is 4.90 Å². The first kappa shape index (κ1) is 20.7. The molecule has 11 nitrogen and oxygen atoms in total. The van der Waals surface area contributed by atoms with Crippen LogP contribution < -0.4 is 11.5 Å². The highest BCUT2D eigenvalue weighted by atomic mass is 32.2. The summed E-state index contributed by atoms with van der Waals surface area (Å²) in [5, 5.41) is 34.9. The van der Waals surface area contributed by atoms with Gasteiger partial charge in [0.1, 0.15) is 39.1 Å². The summed E-state index contributed by atoms with van der Waals surface area (Å²) in [6, 6.07) is 13.0. The number of aromatic hydroxyl groups is 2. The number of nitrogen functional groups attached to an aromatic ring is 2. The van der Waals surface area contributed by atoms with Crippen molar-refractivity contribution in [2.75, 3.05) is 11.5 Å². The molecule has 3 aromatic rings. The molecule has 0 saturated carbocycles. The molecule has 0 unspecified atom stereocenters. The van der Waals surface area contributed by atoms with Gasteiger partial charge in [0.05, 0.1) is 11.4 Å². The van der Waals surface area contributed by atoms with Crippen molar-refractivity contribution in [1.82, 2.24) is 0 Å². The van der Waals surface area contributed by atoms with Gasteiger partial charge in [-0.25, -0.2) is 0 Å². The summed E-state index contributed by atoms with van der Waals surface area (Å²) in [5.74, 6) is -0.339. The van der Waals surface area contributed by atoms with Crippen LogP contribution in [0.5, 0.6) is 11.5 Å². The second kappa shape index (κ2) is 8.14. The SMILES string of the molecule is Nc1c(/N=N/c2ccccc2O)cc(S(=O)(=O)O)c(N)c1/N=N/c1ccccc1O. The molecule has 30 heavy (non-hydrogen) atoms. The average Bonchev–Trinajstić information content (AvgIpc) is 2.68. The van der Waals surface area contributed by atoms with Crippen molar-refractivity contribution in [3.63, 3.8) is 0 Å². The number of hydrogen-bond donors (Lipinski definition) is 5. The van der Waals surface area contributed by atoms with Crippen molar-refractivity contribution < 1.29 is 23.2 Å². The highest BCUT2D eigenvalue weighted by molar-refractivity contribution is 7.86. The Hall–Kier alpha value is -4.03. The van der Waals surface area contributed by atoms with Crippen molar-refractivity contribution >= 4 is 44.2 Å².